The van der Waals surface area contributed by atoms with Crippen molar-refractivity contribution in [3.8, 4) is 0 Å². The predicted octanol–water partition coefficient (Wildman–Crippen LogP) is 0.447. The first-order valence-corrected chi connectivity index (χ1v) is 6.98. The molecule has 0 bridgehead atoms. The van der Waals surface area contributed by atoms with Crippen LogP contribution in [0.3, 0.4) is 0 Å². The number of hydrogen-bond donors (Lipinski definition) is 1. The largest absolute Gasteiger partial charge is 0.320 e. The van der Waals surface area contributed by atoms with Crippen LogP contribution in [0.15, 0.2) is 25.3 Å². The first-order chi connectivity index (χ1) is 8.00. The molecule has 1 N–H and O–H groups in total. The van der Waals surface area contributed by atoms with Crippen molar-refractivity contribution in [3.63, 3.8) is 0 Å². The molecule has 0 fully saturated rings. The molecule has 0 atom stereocenters. The summed E-state index contributed by atoms with van der Waals surface area (Å²) in [6.45, 7) is 9.01. The SMILES string of the molecule is C=CCN(CC=C)S(=O)(=O)N(C)CCCNC. The first kappa shape index (κ1) is 16.3. The van der Waals surface area contributed by atoms with Gasteiger partial charge in [-0.1, -0.05) is 12.2 Å². The molecule has 17 heavy (non-hydrogen) atoms. The van der Waals surface area contributed by atoms with E-state index in [1.807, 2.05) is 7.05 Å². The number of hydrogen-bond acceptors (Lipinski definition) is 3. The molecule has 0 aromatic heterocycles. The average Bonchev–Trinajstić information content (AvgIpc) is 2.29. The fourth-order valence-electron chi connectivity index (χ4n) is 1.34. The van der Waals surface area contributed by atoms with E-state index in [1.165, 1.54) is 8.61 Å². The van der Waals surface area contributed by atoms with Gasteiger partial charge < -0.3 is 5.32 Å². The third kappa shape index (κ3) is 5.45. The summed E-state index contributed by atoms with van der Waals surface area (Å²) in [7, 11) is 0.0215. The molecule has 0 aliphatic rings. The Labute approximate surface area is 105 Å². The Balaban J connectivity index is 4.57. The summed E-state index contributed by atoms with van der Waals surface area (Å²) in [5, 5.41) is 2.99. The molecule has 0 spiro atoms. The molecule has 0 unspecified atom stereocenters. The van der Waals surface area contributed by atoms with Gasteiger partial charge in [0.05, 0.1) is 0 Å². The third-order valence-electron chi connectivity index (χ3n) is 2.29. The van der Waals surface area contributed by atoms with E-state index < -0.39 is 10.2 Å². The quantitative estimate of drug-likeness (QED) is 0.459. The van der Waals surface area contributed by atoms with Crippen molar-refractivity contribution < 1.29 is 8.42 Å². The first-order valence-electron chi connectivity index (χ1n) is 5.58. The van der Waals surface area contributed by atoms with E-state index in [9.17, 15) is 8.42 Å². The predicted molar refractivity (Wildman–Crippen MR) is 72.1 cm³/mol. The van der Waals surface area contributed by atoms with E-state index in [1.54, 1.807) is 19.2 Å². The molecule has 100 valence electrons. The minimum absolute atomic E-state index is 0.296. The molecule has 5 nitrogen and oxygen atoms in total. The Morgan fingerprint density at radius 3 is 2.18 bits per heavy atom. The fourth-order valence-corrected chi connectivity index (χ4v) is 2.68. The summed E-state index contributed by atoms with van der Waals surface area (Å²) in [4.78, 5) is 0. The summed E-state index contributed by atoms with van der Waals surface area (Å²) < 4.78 is 27.0. The second kappa shape index (κ2) is 8.41. The molecule has 0 aromatic carbocycles. The van der Waals surface area contributed by atoms with Gasteiger partial charge in [-0.3, -0.25) is 0 Å². The van der Waals surface area contributed by atoms with E-state index in [-0.39, 0.29) is 0 Å². The monoisotopic (exact) mass is 261 g/mol. The molecule has 0 aromatic rings. The molecule has 0 saturated heterocycles. The van der Waals surface area contributed by atoms with Gasteiger partial charge in [0.15, 0.2) is 0 Å². The summed E-state index contributed by atoms with van der Waals surface area (Å²) in [6.07, 6.45) is 3.92. The third-order valence-corrected chi connectivity index (χ3v) is 4.21. The highest BCUT2D eigenvalue weighted by atomic mass is 32.2. The normalized spacial score (nSPS) is 12.0. The maximum atomic E-state index is 12.1. The van der Waals surface area contributed by atoms with Crippen LogP contribution < -0.4 is 5.32 Å². The molecule has 0 radical (unpaired) electrons. The van der Waals surface area contributed by atoms with Gasteiger partial charge in [0, 0.05) is 26.7 Å². The van der Waals surface area contributed by atoms with Crippen molar-refractivity contribution in [1.29, 1.82) is 0 Å². The average molecular weight is 261 g/mol. The molecular formula is C11H23N3O2S. The zero-order valence-electron chi connectivity index (χ0n) is 10.7. The van der Waals surface area contributed by atoms with Crippen LogP contribution in [0.4, 0.5) is 0 Å². The lowest BCUT2D eigenvalue weighted by atomic mass is 10.4. The van der Waals surface area contributed by atoms with E-state index in [4.69, 9.17) is 0 Å². The van der Waals surface area contributed by atoms with Gasteiger partial charge in [0.1, 0.15) is 0 Å². The lowest BCUT2D eigenvalue weighted by Gasteiger charge is -2.25. The zero-order chi connectivity index (χ0) is 13.3. The summed E-state index contributed by atoms with van der Waals surface area (Å²) in [5.41, 5.74) is 0. The Kier molecular flexibility index (Phi) is 8.07. The molecule has 0 aliphatic heterocycles. The van der Waals surface area contributed by atoms with Gasteiger partial charge in [0.2, 0.25) is 0 Å². The van der Waals surface area contributed by atoms with Crippen LogP contribution in [0.1, 0.15) is 6.42 Å². The highest BCUT2D eigenvalue weighted by Crippen LogP contribution is 2.07. The molecule has 0 saturated carbocycles. The Morgan fingerprint density at radius 2 is 1.76 bits per heavy atom. The molecule has 0 aliphatic carbocycles. The van der Waals surface area contributed by atoms with Crippen LogP contribution in [0.5, 0.6) is 0 Å². The topological polar surface area (TPSA) is 52.7 Å². The maximum absolute atomic E-state index is 12.1. The van der Waals surface area contributed by atoms with Crippen LogP contribution in [0, 0.1) is 0 Å². The second-order valence-corrected chi connectivity index (χ2v) is 5.72. The Hall–Kier alpha value is -0.690. The highest BCUT2D eigenvalue weighted by Gasteiger charge is 2.24. The van der Waals surface area contributed by atoms with Crippen LogP contribution in [0.25, 0.3) is 0 Å². The molecule has 0 heterocycles. The van der Waals surface area contributed by atoms with Crippen molar-refractivity contribution in [1.82, 2.24) is 13.9 Å². The van der Waals surface area contributed by atoms with Gasteiger partial charge >= 0.3 is 0 Å². The lowest BCUT2D eigenvalue weighted by molar-refractivity contribution is 0.389. The summed E-state index contributed by atoms with van der Waals surface area (Å²) in [5.74, 6) is 0. The van der Waals surface area contributed by atoms with Gasteiger partial charge in [-0.2, -0.15) is 17.0 Å². The van der Waals surface area contributed by atoms with Crippen LogP contribution in [-0.2, 0) is 10.2 Å². The van der Waals surface area contributed by atoms with Crippen LogP contribution in [0.2, 0.25) is 0 Å². The van der Waals surface area contributed by atoms with Gasteiger partial charge in [-0.05, 0) is 20.0 Å². The molecule has 0 rings (SSSR count). The minimum Gasteiger partial charge on any atom is -0.320 e. The summed E-state index contributed by atoms with van der Waals surface area (Å²) >= 11 is 0. The maximum Gasteiger partial charge on any atom is 0.282 e. The smallest absolute Gasteiger partial charge is 0.282 e. The van der Waals surface area contributed by atoms with E-state index in [0.717, 1.165) is 13.0 Å². The van der Waals surface area contributed by atoms with Crippen molar-refractivity contribution in [2.24, 2.45) is 0 Å². The fraction of sp³-hybridized carbons (Fsp3) is 0.636. The van der Waals surface area contributed by atoms with Crippen LogP contribution >= 0.6 is 0 Å². The second-order valence-electron chi connectivity index (χ2n) is 3.68. The van der Waals surface area contributed by atoms with Crippen LogP contribution in [-0.4, -0.2) is 57.3 Å². The lowest BCUT2D eigenvalue weighted by Crippen LogP contribution is -2.42. The standard InChI is InChI=1S/C11H23N3O2S/c1-5-9-14(10-6-2)17(15,16)13(4)11-7-8-12-3/h5-6,12H,1-2,7-11H2,3-4H3. The number of rotatable bonds is 10. The molecular weight excluding hydrogens is 238 g/mol. The highest BCUT2D eigenvalue weighted by molar-refractivity contribution is 7.86. The van der Waals surface area contributed by atoms with E-state index in [2.05, 4.69) is 18.5 Å². The van der Waals surface area contributed by atoms with Crippen molar-refractivity contribution in [2.75, 3.05) is 40.3 Å². The van der Waals surface area contributed by atoms with E-state index in [0.29, 0.717) is 19.6 Å². The van der Waals surface area contributed by atoms with Gasteiger partial charge in [-0.15, -0.1) is 13.2 Å². The Bertz CT molecular complexity index is 318. The summed E-state index contributed by atoms with van der Waals surface area (Å²) in [6, 6.07) is 0. The minimum atomic E-state index is -3.41. The Morgan fingerprint density at radius 1 is 1.24 bits per heavy atom. The van der Waals surface area contributed by atoms with E-state index >= 15 is 0 Å². The number of nitrogens with zero attached hydrogens (tertiary/aromatic N) is 2. The van der Waals surface area contributed by atoms with Gasteiger partial charge in [0.25, 0.3) is 10.2 Å². The number of nitrogens with one attached hydrogen (secondary N) is 1. The van der Waals surface area contributed by atoms with Crippen molar-refractivity contribution >= 4 is 10.2 Å². The zero-order valence-corrected chi connectivity index (χ0v) is 11.5. The molecule has 6 heteroatoms. The van der Waals surface area contributed by atoms with Crippen molar-refractivity contribution in [3.05, 3.63) is 25.3 Å². The molecule has 0 amide bonds. The van der Waals surface area contributed by atoms with Crippen molar-refractivity contribution in [2.45, 2.75) is 6.42 Å². The van der Waals surface area contributed by atoms with Gasteiger partial charge in [-0.25, -0.2) is 0 Å².